The van der Waals surface area contributed by atoms with Crippen molar-refractivity contribution in [2.24, 2.45) is 10.7 Å². The molecule has 6 nitrogen and oxygen atoms in total. The Hall–Kier alpha value is -0.480. The van der Waals surface area contributed by atoms with E-state index in [1.807, 2.05) is 6.92 Å². The Morgan fingerprint density at radius 2 is 2.17 bits per heavy atom. The van der Waals surface area contributed by atoms with Gasteiger partial charge in [0.25, 0.3) is 0 Å². The average molecular weight is 383 g/mol. The minimum absolute atomic E-state index is 0. The molecule has 1 aromatic heterocycles. The number of halogens is 1. The van der Waals surface area contributed by atoms with Crippen molar-refractivity contribution in [3.63, 3.8) is 0 Å². The van der Waals surface area contributed by atoms with Crippen molar-refractivity contribution in [3.05, 3.63) is 10.0 Å². The zero-order valence-corrected chi connectivity index (χ0v) is 13.5. The lowest BCUT2D eigenvalue weighted by Gasteiger charge is -2.27. The molecule has 1 saturated heterocycles. The number of morpholine rings is 1. The van der Waals surface area contributed by atoms with Gasteiger partial charge in [0.05, 0.1) is 13.2 Å². The van der Waals surface area contributed by atoms with E-state index in [4.69, 9.17) is 10.5 Å². The summed E-state index contributed by atoms with van der Waals surface area (Å²) in [6, 6.07) is 0. The fourth-order valence-corrected chi connectivity index (χ4v) is 2.29. The van der Waals surface area contributed by atoms with Gasteiger partial charge in [-0.05, 0) is 6.92 Å². The maximum Gasteiger partial charge on any atom is 0.191 e. The van der Waals surface area contributed by atoms with Gasteiger partial charge in [0.2, 0.25) is 0 Å². The molecule has 0 aliphatic carbocycles. The molecule has 0 bridgehead atoms. The Morgan fingerprint density at radius 3 is 2.78 bits per heavy atom. The Balaban J connectivity index is 0.00000162. The summed E-state index contributed by atoms with van der Waals surface area (Å²) >= 11 is 1.61. The highest BCUT2D eigenvalue weighted by Crippen LogP contribution is 2.08. The smallest absolute Gasteiger partial charge is 0.191 e. The molecular formula is C10H18IN5OS. The summed E-state index contributed by atoms with van der Waals surface area (Å²) in [5.41, 5.74) is 5.91. The van der Waals surface area contributed by atoms with Crippen LogP contribution in [0.1, 0.15) is 10.0 Å². The van der Waals surface area contributed by atoms with E-state index in [2.05, 4.69) is 20.1 Å². The minimum atomic E-state index is 0. The third-order valence-corrected chi connectivity index (χ3v) is 3.40. The quantitative estimate of drug-likeness (QED) is 0.471. The van der Waals surface area contributed by atoms with Crippen molar-refractivity contribution >= 4 is 41.3 Å². The van der Waals surface area contributed by atoms with E-state index in [-0.39, 0.29) is 24.0 Å². The van der Waals surface area contributed by atoms with Crippen LogP contribution >= 0.6 is 35.3 Å². The standard InChI is InChI=1S/C10H17N5OS.HI/c1-8-13-14-9(17-8)2-3-12-10(11)15-4-6-16-7-5-15;/h2-7H2,1H3,(H2,11,12);1H. The topological polar surface area (TPSA) is 76.6 Å². The first-order valence-corrected chi connectivity index (χ1v) is 6.49. The van der Waals surface area contributed by atoms with Crippen LogP contribution in [0, 0.1) is 6.92 Å². The van der Waals surface area contributed by atoms with Crippen LogP contribution in [0.5, 0.6) is 0 Å². The normalized spacial score (nSPS) is 16.5. The number of guanidine groups is 1. The molecule has 1 aliphatic heterocycles. The van der Waals surface area contributed by atoms with E-state index in [1.54, 1.807) is 11.3 Å². The molecule has 1 aromatic rings. The van der Waals surface area contributed by atoms with Crippen molar-refractivity contribution in [2.75, 3.05) is 32.8 Å². The Bertz CT molecular complexity index is 391. The number of aliphatic imine (C=N–C) groups is 1. The first-order chi connectivity index (χ1) is 8.25. The molecule has 0 aromatic carbocycles. The summed E-state index contributed by atoms with van der Waals surface area (Å²) in [4.78, 5) is 6.41. The van der Waals surface area contributed by atoms with Gasteiger partial charge in [0, 0.05) is 26.1 Å². The average Bonchev–Trinajstić information content (AvgIpc) is 2.76. The van der Waals surface area contributed by atoms with E-state index < -0.39 is 0 Å². The van der Waals surface area contributed by atoms with E-state index in [0.717, 1.165) is 42.7 Å². The van der Waals surface area contributed by atoms with Gasteiger partial charge >= 0.3 is 0 Å². The fourth-order valence-electron chi connectivity index (χ4n) is 1.60. The Kier molecular flexibility index (Phi) is 6.79. The minimum Gasteiger partial charge on any atom is -0.378 e. The Labute approximate surface area is 128 Å². The summed E-state index contributed by atoms with van der Waals surface area (Å²) in [5.74, 6) is 0.606. The highest BCUT2D eigenvalue weighted by Gasteiger charge is 2.11. The van der Waals surface area contributed by atoms with Crippen LogP contribution in [0.25, 0.3) is 0 Å². The van der Waals surface area contributed by atoms with Crippen LogP contribution in [0.4, 0.5) is 0 Å². The van der Waals surface area contributed by atoms with Crippen molar-refractivity contribution in [1.82, 2.24) is 15.1 Å². The number of nitrogens with two attached hydrogens (primary N) is 1. The molecule has 18 heavy (non-hydrogen) atoms. The van der Waals surface area contributed by atoms with Gasteiger partial charge in [0.1, 0.15) is 10.0 Å². The van der Waals surface area contributed by atoms with Crippen LogP contribution in [0.3, 0.4) is 0 Å². The number of rotatable bonds is 3. The molecule has 0 spiro atoms. The van der Waals surface area contributed by atoms with E-state index >= 15 is 0 Å². The van der Waals surface area contributed by atoms with Crippen LogP contribution < -0.4 is 5.73 Å². The number of nitrogens with zero attached hydrogens (tertiary/aromatic N) is 4. The third kappa shape index (κ3) is 4.65. The van der Waals surface area contributed by atoms with Crippen LogP contribution in [-0.4, -0.2) is 53.9 Å². The fraction of sp³-hybridized carbons (Fsp3) is 0.700. The molecule has 0 saturated carbocycles. The molecule has 0 radical (unpaired) electrons. The van der Waals surface area contributed by atoms with Crippen molar-refractivity contribution in [2.45, 2.75) is 13.3 Å². The highest BCUT2D eigenvalue weighted by atomic mass is 127. The maximum absolute atomic E-state index is 5.91. The van der Waals surface area contributed by atoms with Crippen molar-refractivity contribution in [3.8, 4) is 0 Å². The number of aryl methyl sites for hydroxylation is 1. The monoisotopic (exact) mass is 383 g/mol. The van der Waals surface area contributed by atoms with Crippen LogP contribution in [-0.2, 0) is 11.2 Å². The number of hydrogen-bond acceptors (Lipinski definition) is 5. The van der Waals surface area contributed by atoms with E-state index in [1.165, 1.54) is 0 Å². The second-order valence-electron chi connectivity index (χ2n) is 3.80. The zero-order chi connectivity index (χ0) is 12.1. The van der Waals surface area contributed by atoms with E-state index in [0.29, 0.717) is 12.5 Å². The number of aromatic nitrogens is 2. The first kappa shape index (κ1) is 15.6. The SMILES string of the molecule is Cc1nnc(CCN=C(N)N2CCOCC2)s1.I. The third-order valence-electron chi connectivity index (χ3n) is 2.50. The number of hydrogen-bond donors (Lipinski definition) is 1. The second-order valence-corrected chi connectivity index (χ2v) is 5.07. The predicted octanol–water partition coefficient (Wildman–Crippen LogP) is 0.654. The lowest BCUT2D eigenvalue weighted by Crippen LogP contribution is -2.44. The molecule has 0 unspecified atom stereocenters. The second kappa shape index (κ2) is 7.85. The molecule has 0 atom stereocenters. The number of ether oxygens (including phenoxy) is 1. The summed E-state index contributed by atoms with van der Waals surface area (Å²) in [7, 11) is 0. The summed E-state index contributed by atoms with van der Waals surface area (Å²) in [5, 5.41) is 10.0. The van der Waals surface area contributed by atoms with Crippen LogP contribution in [0.15, 0.2) is 4.99 Å². The van der Waals surface area contributed by atoms with Crippen molar-refractivity contribution in [1.29, 1.82) is 0 Å². The van der Waals surface area contributed by atoms with Gasteiger partial charge in [-0.2, -0.15) is 0 Å². The lowest BCUT2D eigenvalue weighted by molar-refractivity contribution is 0.0674. The molecule has 2 heterocycles. The molecular weight excluding hydrogens is 365 g/mol. The predicted molar refractivity (Wildman–Crippen MR) is 82.6 cm³/mol. The molecule has 2 rings (SSSR count). The van der Waals surface area contributed by atoms with E-state index in [9.17, 15) is 0 Å². The van der Waals surface area contributed by atoms with Gasteiger partial charge < -0.3 is 15.4 Å². The summed E-state index contributed by atoms with van der Waals surface area (Å²) in [6.45, 7) is 5.72. The van der Waals surface area contributed by atoms with Gasteiger partial charge in [-0.3, -0.25) is 4.99 Å². The van der Waals surface area contributed by atoms with Gasteiger partial charge in [-0.15, -0.1) is 45.5 Å². The highest BCUT2D eigenvalue weighted by molar-refractivity contribution is 14.0. The molecule has 102 valence electrons. The summed E-state index contributed by atoms with van der Waals surface area (Å²) < 4.78 is 5.26. The van der Waals surface area contributed by atoms with Crippen LogP contribution in [0.2, 0.25) is 0 Å². The molecule has 0 amide bonds. The Morgan fingerprint density at radius 1 is 1.44 bits per heavy atom. The van der Waals surface area contributed by atoms with Gasteiger partial charge in [0.15, 0.2) is 5.96 Å². The van der Waals surface area contributed by atoms with Gasteiger partial charge in [-0.1, -0.05) is 0 Å². The largest absolute Gasteiger partial charge is 0.378 e. The molecule has 1 fully saturated rings. The first-order valence-electron chi connectivity index (χ1n) is 5.67. The van der Waals surface area contributed by atoms with Crippen molar-refractivity contribution < 1.29 is 4.74 Å². The van der Waals surface area contributed by atoms with Gasteiger partial charge in [-0.25, -0.2) is 0 Å². The molecule has 2 N–H and O–H groups in total. The zero-order valence-electron chi connectivity index (χ0n) is 10.3. The molecule has 1 aliphatic rings. The maximum atomic E-state index is 5.91. The lowest BCUT2D eigenvalue weighted by atomic mass is 10.4. The summed E-state index contributed by atoms with van der Waals surface area (Å²) in [6.07, 6.45) is 0.802. The molecule has 8 heteroatoms.